The number of nitrogens with two attached hydrogens (primary N) is 2. The van der Waals surface area contributed by atoms with Crippen molar-refractivity contribution in [2.75, 3.05) is 6.54 Å². The molecule has 0 aliphatic rings. The third-order valence-electron chi connectivity index (χ3n) is 5.25. The van der Waals surface area contributed by atoms with E-state index in [0.29, 0.717) is 31.5 Å². The van der Waals surface area contributed by atoms with Crippen molar-refractivity contribution in [1.82, 2.24) is 25.9 Å². The number of unbranched alkanes of at least 4 members (excludes halogenated alkanes) is 1. The number of aromatic nitrogens is 2. The number of nitrogens with one attached hydrogen (secondary N) is 4. The van der Waals surface area contributed by atoms with E-state index < -0.39 is 60.2 Å². The van der Waals surface area contributed by atoms with E-state index in [1.165, 1.54) is 12.5 Å². The van der Waals surface area contributed by atoms with Crippen LogP contribution < -0.4 is 27.4 Å². The summed E-state index contributed by atoms with van der Waals surface area (Å²) in [5, 5.41) is 25.8. The van der Waals surface area contributed by atoms with Crippen molar-refractivity contribution in [3.05, 3.63) is 18.2 Å². The summed E-state index contributed by atoms with van der Waals surface area (Å²) in [4.78, 5) is 67.9. The highest BCUT2D eigenvalue weighted by Gasteiger charge is 2.32. The second kappa shape index (κ2) is 15.5. The topological polar surface area (TPSA) is 243 Å². The summed E-state index contributed by atoms with van der Waals surface area (Å²) < 4.78 is 0. The van der Waals surface area contributed by atoms with Crippen LogP contribution in [0.1, 0.15) is 51.6 Å². The van der Waals surface area contributed by atoms with Gasteiger partial charge in [-0.25, -0.2) is 9.78 Å². The first-order valence-corrected chi connectivity index (χ1v) is 11.7. The Hall–Kier alpha value is -3.52. The van der Waals surface area contributed by atoms with Crippen LogP contribution in [0.4, 0.5) is 0 Å². The second-order valence-corrected chi connectivity index (χ2v) is 8.92. The smallest absolute Gasteiger partial charge is 0.326 e. The van der Waals surface area contributed by atoms with Crippen molar-refractivity contribution in [3.8, 4) is 0 Å². The zero-order valence-electron chi connectivity index (χ0n) is 20.5. The molecule has 0 radical (unpaired) electrons. The molecule has 0 bridgehead atoms. The zero-order chi connectivity index (χ0) is 27.3. The highest BCUT2D eigenvalue weighted by Crippen LogP contribution is 2.07. The van der Waals surface area contributed by atoms with Crippen LogP contribution in [0, 0.1) is 5.92 Å². The average Bonchev–Trinajstić information content (AvgIpc) is 3.30. The molecule has 0 fully saturated rings. The number of carbonyl (C=O) groups is 5. The summed E-state index contributed by atoms with van der Waals surface area (Å²) in [6, 6.07) is -4.96. The largest absolute Gasteiger partial charge is 0.481 e. The van der Waals surface area contributed by atoms with Gasteiger partial charge in [0.25, 0.3) is 0 Å². The van der Waals surface area contributed by atoms with E-state index in [-0.39, 0.29) is 18.8 Å². The van der Waals surface area contributed by atoms with E-state index in [2.05, 4.69) is 25.9 Å². The molecule has 0 spiro atoms. The van der Waals surface area contributed by atoms with E-state index in [9.17, 15) is 34.2 Å². The summed E-state index contributed by atoms with van der Waals surface area (Å²) in [7, 11) is 0. The van der Waals surface area contributed by atoms with Crippen LogP contribution in [0.25, 0.3) is 0 Å². The van der Waals surface area contributed by atoms with E-state index in [4.69, 9.17) is 11.5 Å². The third-order valence-corrected chi connectivity index (χ3v) is 5.25. The Labute approximate surface area is 209 Å². The van der Waals surface area contributed by atoms with Gasteiger partial charge in [-0.15, -0.1) is 0 Å². The molecule has 1 heterocycles. The quantitative estimate of drug-likeness (QED) is 0.112. The SMILES string of the molecule is CC(C)CC(NC(=O)C(CC(=O)O)NC(=O)C(Cc1cnc[nH]1)NC(=O)C(N)CCCCN)C(=O)O. The molecule has 0 aromatic carbocycles. The monoisotopic (exact) mass is 511 g/mol. The van der Waals surface area contributed by atoms with Gasteiger partial charge in [-0.3, -0.25) is 19.2 Å². The number of nitrogens with zero attached hydrogens (tertiary/aromatic N) is 1. The minimum absolute atomic E-state index is 0.0421. The van der Waals surface area contributed by atoms with Crippen molar-refractivity contribution < 1.29 is 34.2 Å². The maximum absolute atomic E-state index is 13.1. The molecule has 0 saturated heterocycles. The van der Waals surface area contributed by atoms with Crippen molar-refractivity contribution >= 4 is 29.7 Å². The number of hydrogen-bond acceptors (Lipinski definition) is 8. The van der Waals surface area contributed by atoms with E-state index in [1.54, 1.807) is 13.8 Å². The minimum Gasteiger partial charge on any atom is -0.481 e. The van der Waals surface area contributed by atoms with Gasteiger partial charge in [0.2, 0.25) is 17.7 Å². The Morgan fingerprint density at radius 1 is 0.972 bits per heavy atom. The Bertz CT molecular complexity index is 876. The molecule has 0 aliphatic carbocycles. The van der Waals surface area contributed by atoms with Gasteiger partial charge in [0.15, 0.2) is 0 Å². The molecule has 4 atom stereocenters. The molecule has 14 heteroatoms. The first kappa shape index (κ1) is 30.5. The third kappa shape index (κ3) is 11.3. The van der Waals surface area contributed by atoms with Gasteiger partial charge in [0, 0.05) is 18.3 Å². The number of carbonyl (C=O) groups excluding carboxylic acids is 3. The highest BCUT2D eigenvalue weighted by atomic mass is 16.4. The Balaban J connectivity index is 3.02. The van der Waals surface area contributed by atoms with Gasteiger partial charge in [-0.2, -0.15) is 0 Å². The highest BCUT2D eigenvalue weighted by molar-refractivity contribution is 5.95. The number of hydrogen-bond donors (Lipinski definition) is 8. The molecule has 36 heavy (non-hydrogen) atoms. The summed E-state index contributed by atoms with van der Waals surface area (Å²) in [6.07, 6.45) is 3.73. The lowest BCUT2D eigenvalue weighted by Crippen LogP contribution is -2.58. The standard InChI is InChI=1S/C22H37N7O7/c1-12(2)7-17(22(35)36)29-21(34)16(9-18(30)31)28-20(33)15(8-13-10-25-11-26-13)27-19(32)14(24)5-3-4-6-23/h10-12,14-17H,3-9,23-24H2,1-2H3,(H,25,26)(H,27,32)(H,28,33)(H,29,34)(H,30,31)(H,35,36). The number of aliphatic carboxylic acids is 2. The van der Waals surface area contributed by atoms with Gasteiger partial charge in [0.1, 0.15) is 18.1 Å². The molecule has 3 amide bonds. The van der Waals surface area contributed by atoms with E-state index in [1.807, 2.05) is 0 Å². The van der Waals surface area contributed by atoms with Crippen LogP contribution in [0.5, 0.6) is 0 Å². The minimum atomic E-state index is -1.58. The Morgan fingerprint density at radius 2 is 1.58 bits per heavy atom. The summed E-state index contributed by atoms with van der Waals surface area (Å²) in [5.74, 6) is -5.16. The van der Waals surface area contributed by atoms with Gasteiger partial charge < -0.3 is 42.6 Å². The molecule has 0 saturated carbocycles. The zero-order valence-corrected chi connectivity index (χ0v) is 20.5. The number of carboxylic acids is 2. The summed E-state index contributed by atoms with van der Waals surface area (Å²) in [6.45, 7) is 3.98. The lowest BCUT2D eigenvalue weighted by molar-refractivity contribution is -0.144. The fourth-order valence-corrected chi connectivity index (χ4v) is 3.37. The molecular weight excluding hydrogens is 474 g/mol. The van der Waals surface area contributed by atoms with Gasteiger partial charge >= 0.3 is 11.9 Å². The number of imidazole rings is 1. The molecule has 0 aliphatic heterocycles. The van der Waals surface area contributed by atoms with Gasteiger partial charge in [-0.1, -0.05) is 20.3 Å². The number of aromatic amines is 1. The number of amides is 3. The van der Waals surface area contributed by atoms with Crippen LogP contribution in [0.15, 0.2) is 12.5 Å². The van der Waals surface area contributed by atoms with Crippen LogP contribution in [-0.2, 0) is 30.4 Å². The molecule has 14 nitrogen and oxygen atoms in total. The number of rotatable bonds is 17. The van der Waals surface area contributed by atoms with Crippen LogP contribution >= 0.6 is 0 Å². The van der Waals surface area contributed by atoms with Crippen molar-refractivity contribution in [1.29, 1.82) is 0 Å². The molecule has 1 aromatic rings. The van der Waals surface area contributed by atoms with E-state index >= 15 is 0 Å². The predicted molar refractivity (Wildman–Crippen MR) is 128 cm³/mol. The molecule has 202 valence electrons. The maximum atomic E-state index is 13.1. The number of H-pyrrole nitrogens is 1. The number of carboxylic acid groups (broad SMARTS) is 2. The lowest BCUT2D eigenvalue weighted by Gasteiger charge is -2.25. The van der Waals surface area contributed by atoms with E-state index in [0.717, 1.165) is 0 Å². The van der Waals surface area contributed by atoms with Crippen molar-refractivity contribution in [2.45, 2.75) is 76.5 Å². The normalized spacial score (nSPS) is 14.4. The molecule has 10 N–H and O–H groups in total. The van der Waals surface area contributed by atoms with Crippen molar-refractivity contribution in [2.24, 2.45) is 17.4 Å². The molecular formula is C22H37N7O7. The van der Waals surface area contributed by atoms with Crippen LogP contribution in [-0.4, -0.2) is 80.6 Å². The van der Waals surface area contributed by atoms with Crippen LogP contribution in [0.3, 0.4) is 0 Å². The molecule has 4 unspecified atom stereocenters. The molecule has 1 rings (SSSR count). The fourth-order valence-electron chi connectivity index (χ4n) is 3.37. The predicted octanol–water partition coefficient (Wildman–Crippen LogP) is -1.53. The van der Waals surface area contributed by atoms with Crippen LogP contribution in [0.2, 0.25) is 0 Å². The van der Waals surface area contributed by atoms with Crippen molar-refractivity contribution in [3.63, 3.8) is 0 Å². The average molecular weight is 512 g/mol. The first-order valence-electron chi connectivity index (χ1n) is 11.7. The second-order valence-electron chi connectivity index (χ2n) is 8.92. The summed E-state index contributed by atoms with van der Waals surface area (Å²) >= 11 is 0. The lowest BCUT2D eigenvalue weighted by atomic mass is 10.0. The Kier molecular flexibility index (Phi) is 13.1. The van der Waals surface area contributed by atoms with Gasteiger partial charge in [0.05, 0.1) is 18.8 Å². The fraction of sp³-hybridized carbons (Fsp3) is 0.636. The first-order chi connectivity index (χ1) is 16.9. The Morgan fingerprint density at radius 3 is 2.11 bits per heavy atom. The maximum Gasteiger partial charge on any atom is 0.326 e. The summed E-state index contributed by atoms with van der Waals surface area (Å²) in [5.41, 5.74) is 11.9. The molecule has 1 aromatic heterocycles. The van der Waals surface area contributed by atoms with Gasteiger partial charge in [-0.05, 0) is 31.7 Å².